The van der Waals surface area contributed by atoms with E-state index in [1.54, 1.807) is 4.90 Å². The van der Waals surface area contributed by atoms with E-state index in [9.17, 15) is 89.1 Å². The third kappa shape index (κ3) is 16.9. The molecule has 0 aliphatic carbocycles. The van der Waals surface area contributed by atoms with Crippen LogP contribution in [0.1, 0.15) is 69.6 Å². The molecule has 0 unspecified atom stereocenters. The van der Waals surface area contributed by atoms with Crippen molar-refractivity contribution in [2.24, 2.45) is 0 Å². The van der Waals surface area contributed by atoms with Crippen molar-refractivity contribution in [2.75, 3.05) is 39.3 Å². The van der Waals surface area contributed by atoms with Crippen molar-refractivity contribution in [1.29, 1.82) is 0 Å². The third-order valence-electron chi connectivity index (χ3n) is 9.77. The highest BCUT2D eigenvalue weighted by Crippen LogP contribution is 2.30. The van der Waals surface area contributed by atoms with Gasteiger partial charge in [-0.15, -0.1) is 0 Å². The number of hydrogen-bond acceptors (Lipinski definition) is 16. The molecule has 0 spiro atoms. The Morgan fingerprint density at radius 2 is 0.672 bits per heavy atom. The predicted octanol–water partition coefficient (Wildman–Crippen LogP) is -1.14. The number of benzene rings is 3. The van der Waals surface area contributed by atoms with Crippen molar-refractivity contribution in [3.05, 3.63) is 71.3 Å². The molecular formula is C42H51N7O18. The van der Waals surface area contributed by atoms with Crippen LogP contribution in [0, 0.1) is 0 Å². The summed E-state index contributed by atoms with van der Waals surface area (Å²) < 4.78 is 0. The number of rotatable bonds is 27. The van der Waals surface area contributed by atoms with E-state index in [4.69, 9.17) is 0 Å². The van der Waals surface area contributed by atoms with Gasteiger partial charge >= 0.3 is 17.9 Å². The highest BCUT2D eigenvalue weighted by molar-refractivity contribution is 6.02. The van der Waals surface area contributed by atoms with Crippen LogP contribution in [0.25, 0.3) is 0 Å². The Hall–Kier alpha value is -8.35. The Balaban J connectivity index is 1.77. The molecule has 3 aromatic carbocycles. The van der Waals surface area contributed by atoms with Crippen LogP contribution in [-0.2, 0) is 28.8 Å². The van der Waals surface area contributed by atoms with Crippen LogP contribution in [0.5, 0.6) is 34.5 Å². The van der Waals surface area contributed by atoms with Crippen molar-refractivity contribution in [1.82, 2.24) is 36.8 Å². The maximum Gasteiger partial charge on any atom is 0.303 e. The average molecular weight is 942 g/mol. The van der Waals surface area contributed by atoms with Crippen LogP contribution >= 0.6 is 0 Å². The van der Waals surface area contributed by atoms with Crippen molar-refractivity contribution in [3.63, 3.8) is 0 Å². The fourth-order valence-electron chi connectivity index (χ4n) is 6.18. The SMILES string of the molecule is O=C(O)CC[C@H](NC(=O)c1cccc(O)c1O)C(=O)NCCN(CCNC(=O)[C@H](CCC(=O)O)NC(=O)c1cccc(O)c1O)CCNC(=O)[C@H](CCC(=O)O)NC(=O)c1cccc(O)c1O. The smallest absolute Gasteiger partial charge is 0.303 e. The Labute approximate surface area is 380 Å². The predicted molar refractivity (Wildman–Crippen MR) is 229 cm³/mol. The fraction of sp³-hybridized carbons (Fsp3) is 0.357. The number of para-hydroxylation sites is 3. The van der Waals surface area contributed by atoms with E-state index in [1.807, 2.05) is 0 Å². The fourth-order valence-corrected chi connectivity index (χ4v) is 6.18. The molecule has 25 heteroatoms. The minimum atomic E-state index is -1.46. The van der Waals surface area contributed by atoms with Gasteiger partial charge < -0.3 is 77.9 Å². The van der Waals surface area contributed by atoms with E-state index >= 15 is 0 Å². The van der Waals surface area contributed by atoms with Crippen molar-refractivity contribution in [2.45, 2.75) is 56.7 Å². The minimum Gasteiger partial charge on any atom is -0.504 e. The molecule has 0 aliphatic heterocycles. The molecule has 67 heavy (non-hydrogen) atoms. The minimum absolute atomic E-state index is 0.0731. The number of carbonyl (C=O) groups excluding carboxylic acids is 6. The number of phenols is 6. The standard InChI is InChI=1S/C42H51N7O18/c50-28-7-1-4-22(34(28)59)37(62)46-25(10-13-31(53)54)40(65)43-16-19-49(20-17-44-41(66)26(11-14-32(55)56)47-38(63)23-5-2-8-29(51)35(23)60)21-18-45-42(67)27(12-15-33(57)58)48-39(64)24-6-3-9-30(52)36(24)61/h1-9,25-27,50-52,59-61H,10-21H2,(H,43,65)(H,44,66)(H,45,67)(H,46,62)(H,47,63)(H,48,64)(H,53,54)(H,55,56)(H,57,58)/t25-,26-,27-/m0/s1. The lowest BCUT2D eigenvalue weighted by Crippen LogP contribution is -2.51. The van der Waals surface area contributed by atoms with Crippen molar-refractivity contribution >= 4 is 53.4 Å². The van der Waals surface area contributed by atoms with Gasteiger partial charge in [-0.2, -0.15) is 0 Å². The van der Waals surface area contributed by atoms with Crippen LogP contribution in [-0.4, -0.2) is 162 Å². The molecule has 0 heterocycles. The molecule has 0 fully saturated rings. The van der Waals surface area contributed by atoms with Gasteiger partial charge in [0.15, 0.2) is 34.5 Å². The topological polar surface area (TPSA) is 411 Å². The number of nitrogens with one attached hydrogen (secondary N) is 6. The number of aromatic hydroxyl groups is 6. The molecule has 0 radical (unpaired) electrons. The molecule has 362 valence electrons. The molecule has 0 saturated carbocycles. The third-order valence-corrected chi connectivity index (χ3v) is 9.77. The number of phenolic OH excluding ortho intramolecular Hbond substituents is 6. The summed E-state index contributed by atoms with van der Waals surface area (Å²) in [4.78, 5) is 114. The first-order valence-corrected chi connectivity index (χ1v) is 20.4. The van der Waals surface area contributed by atoms with Gasteiger partial charge in [0.25, 0.3) is 17.7 Å². The first-order chi connectivity index (χ1) is 31.7. The summed E-state index contributed by atoms with van der Waals surface area (Å²) in [5, 5.41) is 102. The van der Waals surface area contributed by atoms with E-state index < -0.39 is 161 Å². The monoisotopic (exact) mass is 941 g/mol. The molecule has 0 aromatic heterocycles. The summed E-state index contributed by atoms with van der Waals surface area (Å²) in [5.74, 6) is -13.8. The molecule has 3 atom stereocenters. The van der Waals surface area contributed by atoms with E-state index in [-0.39, 0.29) is 39.3 Å². The first kappa shape index (κ1) is 53.0. The van der Waals surface area contributed by atoms with Crippen LogP contribution in [0.15, 0.2) is 54.6 Å². The maximum atomic E-state index is 13.3. The molecule has 0 bridgehead atoms. The summed E-state index contributed by atoms with van der Waals surface area (Å²) in [6.07, 6.45) is -2.90. The molecule has 3 rings (SSSR count). The lowest BCUT2D eigenvalue weighted by atomic mass is 10.1. The number of aliphatic carboxylic acids is 3. The zero-order chi connectivity index (χ0) is 49.8. The normalized spacial score (nSPS) is 12.1. The summed E-state index contributed by atoms with van der Waals surface area (Å²) >= 11 is 0. The number of carboxylic acids is 3. The van der Waals surface area contributed by atoms with Crippen molar-refractivity contribution in [3.8, 4) is 34.5 Å². The number of hydrogen-bond donors (Lipinski definition) is 15. The van der Waals surface area contributed by atoms with E-state index in [1.165, 1.54) is 18.2 Å². The van der Waals surface area contributed by atoms with Gasteiger partial charge in [-0.1, -0.05) is 18.2 Å². The highest BCUT2D eigenvalue weighted by atomic mass is 16.4. The van der Waals surface area contributed by atoms with Crippen LogP contribution in [0.4, 0.5) is 0 Å². The van der Waals surface area contributed by atoms with Crippen LogP contribution < -0.4 is 31.9 Å². The molecule has 15 N–H and O–H groups in total. The Kier molecular flexibility index (Phi) is 20.4. The Morgan fingerprint density at radius 3 is 0.910 bits per heavy atom. The van der Waals surface area contributed by atoms with Gasteiger partial charge in [-0.25, -0.2) is 0 Å². The summed E-state index contributed by atoms with van der Waals surface area (Å²) in [6, 6.07) is 6.12. The van der Waals surface area contributed by atoms with Gasteiger partial charge in [-0.3, -0.25) is 48.1 Å². The Bertz CT molecular complexity index is 2060. The maximum absolute atomic E-state index is 13.3. The van der Waals surface area contributed by atoms with Crippen molar-refractivity contribution < 1.29 is 89.1 Å². The zero-order valence-corrected chi connectivity index (χ0v) is 35.6. The van der Waals surface area contributed by atoms with Gasteiger partial charge in [0.2, 0.25) is 17.7 Å². The van der Waals surface area contributed by atoms with E-state index in [0.717, 1.165) is 36.4 Å². The lowest BCUT2D eigenvalue weighted by molar-refractivity contribution is -0.138. The molecule has 0 aliphatic rings. The average Bonchev–Trinajstić information content (AvgIpc) is 3.27. The number of carboxylic acid groups (broad SMARTS) is 3. The highest BCUT2D eigenvalue weighted by Gasteiger charge is 2.28. The van der Waals surface area contributed by atoms with Gasteiger partial charge in [0.1, 0.15) is 18.1 Å². The van der Waals surface area contributed by atoms with E-state index in [2.05, 4.69) is 31.9 Å². The van der Waals surface area contributed by atoms with Gasteiger partial charge in [0.05, 0.1) is 16.7 Å². The van der Waals surface area contributed by atoms with E-state index in [0.29, 0.717) is 0 Å². The lowest BCUT2D eigenvalue weighted by Gasteiger charge is -2.25. The number of amides is 6. The molecule has 3 aromatic rings. The Morgan fingerprint density at radius 1 is 0.418 bits per heavy atom. The quantitative estimate of drug-likeness (QED) is 0.0402. The molecular weight excluding hydrogens is 890 g/mol. The molecule has 6 amide bonds. The second kappa shape index (κ2) is 25.8. The molecule has 0 saturated heterocycles. The van der Waals surface area contributed by atoms with Crippen LogP contribution in [0.3, 0.4) is 0 Å². The summed E-state index contributed by atoms with van der Waals surface area (Å²) in [7, 11) is 0. The summed E-state index contributed by atoms with van der Waals surface area (Å²) in [5.41, 5.74) is -1.23. The molecule has 25 nitrogen and oxygen atoms in total. The van der Waals surface area contributed by atoms with Gasteiger partial charge in [0, 0.05) is 58.5 Å². The van der Waals surface area contributed by atoms with Crippen LogP contribution in [0.2, 0.25) is 0 Å². The summed E-state index contributed by atoms with van der Waals surface area (Å²) in [6.45, 7) is -0.865. The number of carbonyl (C=O) groups is 9. The second-order valence-electron chi connectivity index (χ2n) is 14.6. The number of nitrogens with zero attached hydrogens (tertiary/aromatic N) is 1. The van der Waals surface area contributed by atoms with Gasteiger partial charge in [-0.05, 0) is 55.7 Å². The first-order valence-electron chi connectivity index (χ1n) is 20.4. The largest absolute Gasteiger partial charge is 0.504 e. The second-order valence-corrected chi connectivity index (χ2v) is 14.6. The zero-order valence-electron chi connectivity index (χ0n) is 35.6.